The maximum Gasteiger partial charge on any atom is 0.133 e. The number of pyridine rings is 1. The highest BCUT2D eigenvalue weighted by Gasteiger charge is 2.02. The molecule has 90 valence electrons. The summed E-state index contributed by atoms with van der Waals surface area (Å²) < 4.78 is 1.81. The second-order valence-electron chi connectivity index (χ2n) is 4.02. The van der Waals surface area contributed by atoms with Crippen LogP contribution in [0.4, 0.5) is 0 Å². The zero-order chi connectivity index (χ0) is 12.3. The summed E-state index contributed by atoms with van der Waals surface area (Å²) in [6, 6.07) is 3.44. The van der Waals surface area contributed by atoms with Crippen LogP contribution in [0.25, 0.3) is 0 Å². The Bertz CT molecular complexity index is 490. The highest BCUT2D eigenvalue weighted by molar-refractivity contribution is 5.18. The van der Waals surface area contributed by atoms with Crippen LogP contribution in [-0.4, -0.2) is 19.9 Å². The van der Waals surface area contributed by atoms with Crippen molar-refractivity contribution < 1.29 is 5.11 Å². The third-order valence-corrected chi connectivity index (χ3v) is 2.55. The van der Waals surface area contributed by atoms with Gasteiger partial charge in [0.25, 0.3) is 0 Å². The van der Waals surface area contributed by atoms with Crippen molar-refractivity contribution in [3.8, 4) is 5.75 Å². The molecule has 0 aromatic carbocycles. The molecule has 0 bridgehead atoms. The van der Waals surface area contributed by atoms with Gasteiger partial charge in [-0.3, -0.25) is 9.67 Å². The van der Waals surface area contributed by atoms with Gasteiger partial charge in [0.1, 0.15) is 5.75 Å². The monoisotopic (exact) mass is 232 g/mol. The molecule has 2 aromatic heterocycles. The standard InChI is InChI=1S/C12H16N4O/c1-9-10(8-16(2)15-9)5-13-6-11-3-4-12(17)7-14-11/h3-4,7-8,13,17H,5-6H2,1-2H3. The number of hydrogen-bond donors (Lipinski definition) is 2. The average molecular weight is 232 g/mol. The van der Waals surface area contributed by atoms with E-state index >= 15 is 0 Å². The van der Waals surface area contributed by atoms with Crippen LogP contribution in [0.3, 0.4) is 0 Å². The molecule has 17 heavy (non-hydrogen) atoms. The summed E-state index contributed by atoms with van der Waals surface area (Å²) in [6.45, 7) is 3.44. The largest absolute Gasteiger partial charge is 0.506 e. The van der Waals surface area contributed by atoms with Gasteiger partial charge in [-0.2, -0.15) is 5.10 Å². The summed E-state index contributed by atoms with van der Waals surface area (Å²) in [7, 11) is 1.91. The summed E-state index contributed by atoms with van der Waals surface area (Å²) >= 11 is 0. The summed E-state index contributed by atoms with van der Waals surface area (Å²) in [4.78, 5) is 4.10. The summed E-state index contributed by atoms with van der Waals surface area (Å²) in [6.07, 6.45) is 3.46. The zero-order valence-electron chi connectivity index (χ0n) is 10.0. The summed E-state index contributed by atoms with van der Waals surface area (Å²) in [5.74, 6) is 0.192. The van der Waals surface area contributed by atoms with Gasteiger partial charge in [-0.1, -0.05) is 0 Å². The number of nitrogens with zero attached hydrogens (tertiary/aromatic N) is 3. The molecule has 0 radical (unpaired) electrons. The van der Waals surface area contributed by atoms with Crippen LogP contribution in [0.15, 0.2) is 24.5 Å². The lowest BCUT2D eigenvalue weighted by Gasteiger charge is -2.03. The van der Waals surface area contributed by atoms with Gasteiger partial charge in [0, 0.05) is 31.9 Å². The lowest BCUT2D eigenvalue weighted by molar-refractivity contribution is 0.471. The number of hydrogen-bond acceptors (Lipinski definition) is 4. The van der Waals surface area contributed by atoms with Gasteiger partial charge in [0.05, 0.1) is 17.6 Å². The number of rotatable bonds is 4. The molecular formula is C12H16N4O. The topological polar surface area (TPSA) is 63.0 Å². The Morgan fingerprint density at radius 2 is 2.18 bits per heavy atom. The van der Waals surface area contributed by atoms with Gasteiger partial charge in [-0.25, -0.2) is 0 Å². The molecule has 0 fully saturated rings. The SMILES string of the molecule is Cc1nn(C)cc1CNCc1ccc(O)cn1. The van der Waals surface area contributed by atoms with Crippen molar-refractivity contribution >= 4 is 0 Å². The van der Waals surface area contributed by atoms with Crippen molar-refractivity contribution in [3.05, 3.63) is 41.5 Å². The molecule has 0 aliphatic carbocycles. The molecule has 0 amide bonds. The van der Waals surface area contributed by atoms with Crippen molar-refractivity contribution in [1.29, 1.82) is 0 Å². The Kier molecular flexibility index (Phi) is 3.39. The van der Waals surface area contributed by atoms with E-state index < -0.39 is 0 Å². The molecule has 0 saturated heterocycles. The molecule has 2 heterocycles. The Balaban J connectivity index is 1.87. The quantitative estimate of drug-likeness (QED) is 0.829. The fourth-order valence-electron chi connectivity index (χ4n) is 1.67. The van der Waals surface area contributed by atoms with Crippen molar-refractivity contribution in [2.24, 2.45) is 7.05 Å². The first-order valence-corrected chi connectivity index (χ1v) is 5.49. The number of aromatic hydroxyl groups is 1. The van der Waals surface area contributed by atoms with Gasteiger partial charge in [0.15, 0.2) is 0 Å². The molecule has 5 heteroatoms. The molecule has 2 N–H and O–H groups in total. The molecule has 0 aliphatic heterocycles. The Labute approximate surface area is 100 Å². The third kappa shape index (κ3) is 3.04. The minimum atomic E-state index is 0.192. The molecule has 0 aliphatic rings. The van der Waals surface area contributed by atoms with Crippen molar-refractivity contribution in [2.45, 2.75) is 20.0 Å². The zero-order valence-corrected chi connectivity index (χ0v) is 10.0. The van der Waals surface area contributed by atoms with Crippen LogP contribution in [0.1, 0.15) is 17.0 Å². The molecule has 0 saturated carbocycles. The fourth-order valence-corrected chi connectivity index (χ4v) is 1.67. The van der Waals surface area contributed by atoms with E-state index in [1.54, 1.807) is 12.1 Å². The molecule has 0 spiro atoms. The van der Waals surface area contributed by atoms with Gasteiger partial charge in [0.2, 0.25) is 0 Å². The van der Waals surface area contributed by atoms with E-state index in [4.69, 9.17) is 5.11 Å². The minimum Gasteiger partial charge on any atom is -0.506 e. The highest BCUT2D eigenvalue weighted by atomic mass is 16.3. The fraction of sp³-hybridized carbons (Fsp3) is 0.333. The van der Waals surface area contributed by atoms with E-state index in [9.17, 15) is 0 Å². The van der Waals surface area contributed by atoms with E-state index in [1.807, 2.05) is 24.9 Å². The Morgan fingerprint density at radius 1 is 1.35 bits per heavy atom. The second-order valence-corrected chi connectivity index (χ2v) is 4.02. The van der Waals surface area contributed by atoms with Crippen molar-refractivity contribution in [1.82, 2.24) is 20.1 Å². The average Bonchev–Trinajstić information content (AvgIpc) is 2.60. The number of aryl methyl sites for hydroxylation is 2. The normalized spacial score (nSPS) is 10.7. The summed E-state index contributed by atoms with van der Waals surface area (Å²) in [5.41, 5.74) is 3.13. The molecule has 2 aromatic rings. The maximum atomic E-state index is 9.11. The van der Waals surface area contributed by atoms with E-state index in [0.717, 1.165) is 17.9 Å². The van der Waals surface area contributed by atoms with Crippen molar-refractivity contribution in [2.75, 3.05) is 0 Å². The first-order chi connectivity index (χ1) is 8.15. The highest BCUT2D eigenvalue weighted by Crippen LogP contribution is 2.07. The first kappa shape index (κ1) is 11.6. The van der Waals surface area contributed by atoms with Crippen LogP contribution in [0.2, 0.25) is 0 Å². The molecule has 2 rings (SSSR count). The van der Waals surface area contributed by atoms with Crippen LogP contribution in [0, 0.1) is 6.92 Å². The van der Waals surface area contributed by atoms with Crippen LogP contribution in [-0.2, 0) is 20.1 Å². The third-order valence-electron chi connectivity index (χ3n) is 2.55. The van der Waals surface area contributed by atoms with E-state index in [0.29, 0.717) is 6.54 Å². The Hall–Kier alpha value is -1.88. The molecule has 5 nitrogen and oxygen atoms in total. The van der Waals surface area contributed by atoms with Gasteiger partial charge in [-0.15, -0.1) is 0 Å². The van der Waals surface area contributed by atoms with Crippen LogP contribution >= 0.6 is 0 Å². The number of nitrogens with one attached hydrogen (secondary N) is 1. The molecular weight excluding hydrogens is 216 g/mol. The molecule has 0 atom stereocenters. The predicted molar refractivity (Wildman–Crippen MR) is 64.4 cm³/mol. The van der Waals surface area contributed by atoms with E-state index in [1.165, 1.54) is 11.8 Å². The Morgan fingerprint density at radius 3 is 2.76 bits per heavy atom. The first-order valence-electron chi connectivity index (χ1n) is 5.49. The van der Waals surface area contributed by atoms with E-state index in [-0.39, 0.29) is 5.75 Å². The van der Waals surface area contributed by atoms with Gasteiger partial charge >= 0.3 is 0 Å². The number of aromatic nitrogens is 3. The van der Waals surface area contributed by atoms with Crippen LogP contribution < -0.4 is 5.32 Å². The maximum absolute atomic E-state index is 9.11. The van der Waals surface area contributed by atoms with Crippen molar-refractivity contribution in [3.63, 3.8) is 0 Å². The van der Waals surface area contributed by atoms with E-state index in [2.05, 4.69) is 15.4 Å². The smallest absolute Gasteiger partial charge is 0.133 e. The minimum absolute atomic E-state index is 0.192. The summed E-state index contributed by atoms with van der Waals surface area (Å²) in [5, 5.41) is 16.7. The lowest BCUT2D eigenvalue weighted by Crippen LogP contribution is -2.13. The van der Waals surface area contributed by atoms with Gasteiger partial charge in [-0.05, 0) is 19.1 Å². The lowest BCUT2D eigenvalue weighted by atomic mass is 10.2. The predicted octanol–water partition coefficient (Wildman–Crippen LogP) is 1.12. The molecule has 0 unspecified atom stereocenters. The van der Waals surface area contributed by atoms with Gasteiger partial charge < -0.3 is 10.4 Å². The van der Waals surface area contributed by atoms with Crippen LogP contribution in [0.5, 0.6) is 5.75 Å². The second kappa shape index (κ2) is 4.97.